The van der Waals surface area contributed by atoms with Gasteiger partial charge in [0.05, 0.1) is 5.69 Å². The number of aromatic amines is 1. The molecule has 0 spiro atoms. The molecule has 0 atom stereocenters. The van der Waals surface area contributed by atoms with Crippen LogP contribution < -0.4 is 10.5 Å². The Hall–Kier alpha value is -1.39. The molecule has 0 saturated carbocycles. The number of nitrogens with two attached hydrogens (primary N) is 1. The molecule has 6 heteroatoms. The quantitative estimate of drug-likeness (QED) is 0.889. The summed E-state index contributed by atoms with van der Waals surface area (Å²) in [4.78, 5) is 0. The Bertz CT molecular complexity index is 478. The van der Waals surface area contributed by atoms with Gasteiger partial charge in [0.2, 0.25) is 0 Å². The average Bonchev–Trinajstić information content (AvgIpc) is 2.60. The van der Waals surface area contributed by atoms with E-state index >= 15 is 0 Å². The summed E-state index contributed by atoms with van der Waals surface area (Å²) in [6.07, 6.45) is 0. The number of anilines is 1. The van der Waals surface area contributed by atoms with Crippen molar-refractivity contribution in [2.45, 2.75) is 6.61 Å². The molecule has 1 aromatic carbocycles. The molecule has 1 heterocycles. The molecule has 0 unspecified atom stereocenters. The molecule has 3 N–H and O–H groups in total. The molecule has 2 aromatic rings. The SMILES string of the molecule is Nc1cc(COc2cc(Cl)cc(Cl)c2)[nH]n1. The van der Waals surface area contributed by atoms with E-state index in [2.05, 4.69) is 10.2 Å². The summed E-state index contributed by atoms with van der Waals surface area (Å²) < 4.78 is 5.47. The maximum absolute atomic E-state index is 5.83. The van der Waals surface area contributed by atoms with Crippen LogP contribution in [0.5, 0.6) is 5.75 Å². The first-order valence-electron chi connectivity index (χ1n) is 4.52. The van der Waals surface area contributed by atoms with E-state index in [1.807, 2.05) is 0 Å². The van der Waals surface area contributed by atoms with Crippen molar-refractivity contribution in [1.82, 2.24) is 10.2 Å². The van der Waals surface area contributed by atoms with Gasteiger partial charge in [-0.25, -0.2) is 0 Å². The van der Waals surface area contributed by atoms with Gasteiger partial charge in [0, 0.05) is 16.1 Å². The van der Waals surface area contributed by atoms with Crippen molar-refractivity contribution in [3.63, 3.8) is 0 Å². The minimum Gasteiger partial charge on any atom is -0.487 e. The fourth-order valence-corrected chi connectivity index (χ4v) is 1.73. The second kappa shape index (κ2) is 4.63. The molecule has 84 valence electrons. The largest absolute Gasteiger partial charge is 0.487 e. The Morgan fingerprint density at radius 1 is 1.19 bits per heavy atom. The van der Waals surface area contributed by atoms with Crippen LogP contribution in [0.15, 0.2) is 24.3 Å². The van der Waals surface area contributed by atoms with Crippen molar-refractivity contribution < 1.29 is 4.74 Å². The van der Waals surface area contributed by atoms with Crippen LogP contribution in [0.2, 0.25) is 10.0 Å². The number of hydrogen-bond acceptors (Lipinski definition) is 3. The van der Waals surface area contributed by atoms with Gasteiger partial charge in [0.25, 0.3) is 0 Å². The molecule has 0 radical (unpaired) electrons. The van der Waals surface area contributed by atoms with Crippen LogP contribution in [0.25, 0.3) is 0 Å². The van der Waals surface area contributed by atoms with Crippen LogP contribution in [0.4, 0.5) is 5.82 Å². The maximum Gasteiger partial charge on any atom is 0.145 e. The first kappa shape index (κ1) is 11.1. The lowest BCUT2D eigenvalue weighted by atomic mass is 10.3. The third-order valence-corrected chi connectivity index (χ3v) is 2.32. The van der Waals surface area contributed by atoms with Crippen molar-refractivity contribution in [2.24, 2.45) is 0 Å². The molecule has 2 rings (SSSR count). The number of hydrogen-bond donors (Lipinski definition) is 2. The summed E-state index contributed by atoms with van der Waals surface area (Å²) in [5.74, 6) is 1.04. The highest BCUT2D eigenvalue weighted by atomic mass is 35.5. The third-order valence-electron chi connectivity index (χ3n) is 1.88. The normalized spacial score (nSPS) is 10.4. The molecule has 16 heavy (non-hydrogen) atoms. The van der Waals surface area contributed by atoms with E-state index in [-0.39, 0.29) is 0 Å². The van der Waals surface area contributed by atoms with Gasteiger partial charge in [-0.1, -0.05) is 23.2 Å². The Morgan fingerprint density at radius 3 is 2.44 bits per heavy atom. The van der Waals surface area contributed by atoms with E-state index < -0.39 is 0 Å². The summed E-state index contributed by atoms with van der Waals surface area (Å²) in [7, 11) is 0. The molecule has 1 aromatic heterocycles. The monoisotopic (exact) mass is 257 g/mol. The van der Waals surface area contributed by atoms with Crippen LogP contribution >= 0.6 is 23.2 Å². The highest BCUT2D eigenvalue weighted by molar-refractivity contribution is 6.34. The fourth-order valence-electron chi connectivity index (χ4n) is 1.23. The number of nitrogen functional groups attached to an aromatic ring is 1. The maximum atomic E-state index is 5.83. The number of nitrogens with zero attached hydrogens (tertiary/aromatic N) is 1. The molecule has 0 fully saturated rings. The van der Waals surface area contributed by atoms with Gasteiger partial charge in [-0.2, -0.15) is 5.10 Å². The number of benzene rings is 1. The van der Waals surface area contributed by atoms with E-state index in [9.17, 15) is 0 Å². The van der Waals surface area contributed by atoms with Crippen LogP contribution in [-0.4, -0.2) is 10.2 Å². The molecular weight excluding hydrogens is 249 g/mol. The van der Waals surface area contributed by atoms with Gasteiger partial charge in [-0.15, -0.1) is 0 Å². The molecule has 0 amide bonds. The van der Waals surface area contributed by atoms with Gasteiger partial charge < -0.3 is 10.5 Å². The molecule has 0 aliphatic rings. The summed E-state index contributed by atoms with van der Waals surface area (Å²) in [6, 6.07) is 6.72. The number of rotatable bonds is 3. The number of nitrogens with one attached hydrogen (secondary N) is 1. The van der Waals surface area contributed by atoms with E-state index in [1.165, 1.54) is 0 Å². The van der Waals surface area contributed by atoms with Gasteiger partial charge in [0.15, 0.2) is 0 Å². The predicted molar refractivity (Wildman–Crippen MR) is 63.8 cm³/mol. The lowest BCUT2D eigenvalue weighted by Crippen LogP contribution is -1.95. The first-order chi connectivity index (χ1) is 7.63. The Labute approximate surface area is 102 Å². The lowest BCUT2D eigenvalue weighted by Gasteiger charge is -2.05. The zero-order valence-corrected chi connectivity index (χ0v) is 9.72. The smallest absolute Gasteiger partial charge is 0.145 e. The van der Waals surface area contributed by atoms with Gasteiger partial charge in [-0.05, 0) is 18.2 Å². The van der Waals surface area contributed by atoms with Gasteiger partial charge in [0.1, 0.15) is 18.2 Å². The second-order valence-electron chi connectivity index (χ2n) is 3.21. The Kier molecular flexibility index (Phi) is 3.22. The number of H-pyrrole nitrogens is 1. The predicted octanol–water partition coefficient (Wildman–Crippen LogP) is 2.88. The van der Waals surface area contributed by atoms with E-state index in [1.54, 1.807) is 24.3 Å². The Morgan fingerprint density at radius 2 is 1.88 bits per heavy atom. The van der Waals surface area contributed by atoms with Crippen molar-refractivity contribution in [1.29, 1.82) is 0 Å². The molecule has 4 nitrogen and oxygen atoms in total. The van der Waals surface area contributed by atoms with Crippen LogP contribution in [-0.2, 0) is 6.61 Å². The summed E-state index contributed by atoms with van der Waals surface area (Å²) >= 11 is 11.7. The highest BCUT2D eigenvalue weighted by Gasteiger charge is 2.01. The number of halogens is 2. The number of ether oxygens (including phenoxy) is 1. The van der Waals surface area contributed by atoms with Crippen molar-refractivity contribution >= 4 is 29.0 Å². The average molecular weight is 258 g/mol. The molecule has 0 saturated heterocycles. The molecule has 0 aliphatic carbocycles. The first-order valence-corrected chi connectivity index (χ1v) is 5.28. The fraction of sp³-hybridized carbons (Fsp3) is 0.100. The van der Waals surface area contributed by atoms with Crippen LogP contribution in [0, 0.1) is 0 Å². The van der Waals surface area contributed by atoms with Crippen molar-refractivity contribution in [3.8, 4) is 5.75 Å². The van der Waals surface area contributed by atoms with E-state index in [4.69, 9.17) is 33.7 Å². The highest BCUT2D eigenvalue weighted by Crippen LogP contribution is 2.24. The molecular formula is C10H9Cl2N3O. The summed E-state index contributed by atoms with van der Waals surface area (Å²) in [6.45, 7) is 0.334. The van der Waals surface area contributed by atoms with Crippen LogP contribution in [0.3, 0.4) is 0 Å². The lowest BCUT2D eigenvalue weighted by molar-refractivity contribution is 0.301. The molecule has 0 bridgehead atoms. The van der Waals surface area contributed by atoms with Crippen LogP contribution in [0.1, 0.15) is 5.69 Å². The second-order valence-corrected chi connectivity index (χ2v) is 4.08. The van der Waals surface area contributed by atoms with E-state index in [0.29, 0.717) is 28.2 Å². The number of aromatic nitrogens is 2. The third kappa shape index (κ3) is 2.81. The van der Waals surface area contributed by atoms with Crippen molar-refractivity contribution in [3.05, 3.63) is 40.0 Å². The zero-order chi connectivity index (χ0) is 11.5. The zero-order valence-electron chi connectivity index (χ0n) is 8.21. The summed E-state index contributed by atoms with van der Waals surface area (Å²) in [5.41, 5.74) is 6.24. The Balaban J connectivity index is 2.04. The minimum atomic E-state index is 0.334. The summed E-state index contributed by atoms with van der Waals surface area (Å²) in [5, 5.41) is 7.59. The van der Waals surface area contributed by atoms with Gasteiger partial charge >= 0.3 is 0 Å². The minimum absolute atomic E-state index is 0.334. The topological polar surface area (TPSA) is 63.9 Å². The van der Waals surface area contributed by atoms with Crippen molar-refractivity contribution in [2.75, 3.05) is 5.73 Å². The van der Waals surface area contributed by atoms with Gasteiger partial charge in [-0.3, -0.25) is 5.10 Å². The standard InChI is InChI=1S/C10H9Cl2N3O/c11-6-1-7(12)3-9(2-6)16-5-8-4-10(13)15-14-8/h1-4H,5H2,(H3,13,14,15). The molecule has 0 aliphatic heterocycles. The van der Waals surface area contributed by atoms with E-state index in [0.717, 1.165) is 5.69 Å².